The second kappa shape index (κ2) is 9.80. The quantitative estimate of drug-likeness (QED) is 0.679. The molecule has 1 fully saturated rings. The summed E-state index contributed by atoms with van der Waals surface area (Å²) >= 11 is 5.90. The summed E-state index contributed by atoms with van der Waals surface area (Å²) in [6.07, 6.45) is 3.98. The monoisotopic (exact) mass is 418 g/mol. The predicted octanol–water partition coefficient (Wildman–Crippen LogP) is 3.35. The zero-order valence-corrected chi connectivity index (χ0v) is 17.6. The Bertz CT molecular complexity index is 833. The number of halogens is 1. The summed E-state index contributed by atoms with van der Waals surface area (Å²) in [6, 6.07) is 10.7. The van der Waals surface area contributed by atoms with Crippen LogP contribution in [0, 0.1) is 0 Å². The topological polar surface area (TPSA) is 66.8 Å². The fourth-order valence-electron chi connectivity index (χ4n) is 3.09. The third-order valence-corrected chi connectivity index (χ3v) is 5.22. The lowest BCUT2D eigenvalue weighted by Gasteiger charge is -2.28. The lowest BCUT2D eigenvalue weighted by Crippen LogP contribution is -2.46. The molecule has 8 heteroatoms. The molecule has 1 aromatic carbocycles. The molecule has 156 valence electrons. The molecule has 2 aromatic rings. The molecule has 0 saturated heterocycles. The van der Waals surface area contributed by atoms with Crippen molar-refractivity contribution in [3.8, 4) is 0 Å². The number of urea groups is 1. The van der Waals surface area contributed by atoms with Crippen LogP contribution in [0.4, 0.5) is 10.5 Å². The number of benzene rings is 1. The van der Waals surface area contributed by atoms with E-state index in [2.05, 4.69) is 5.32 Å². The van der Waals surface area contributed by atoms with Crippen molar-refractivity contribution >= 4 is 29.2 Å². The van der Waals surface area contributed by atoms with E-state index in [1.165, 1.54) is 4.90 Å². The molecule has 0 aliphatic heterocycles. The van der Waals surface area contributed by atoms with Crippen molar-refractivity contribution in [3.05, 3.63) is 53.3 Å². The maximum Gasteiger partial charge on any atom is 0.322 e. The van der Waals surface area contributed by atoms with Crippen LogP contribution in [0.25, 0.3) is 0 Å². The van der Waals surface area contributed by atoms with E-state index in [1.54, 1.807) is 31.4 Å². The predicted molar refractivity (Wildman–Crippen MR) is 113 cm³/mol. The molecular formula is C21H27ClN4O3. The number of carbonyl (C=O) groups excluding carboxylic acids is 2. The van der Waals surface area contributed by atoms with Gasteiger partial charge in [0.05, 0.1) is 13.2 Å². The number of nitrogens with zero attached hydrogens (tertiary/aromatic N) is 3. The van der Waals surface area contributed by atoms with Crippen molar-refractivity contribution < 1.29 is 14.3 Å². The third kappa shape index (κ3) is 5.98. The molecule has 0 spiro atoms. The number of aromatic nitrogens is 1. The van der Waals surface area contributed by atoms with Gasteiger partial charge in [-0.05, 0) is 49.2 Å². The molecule has 1 heterocycles. The summed E-state index contributed by atoms with van der Waals surface area (Å²) < 4.78 is 7.14. The van der Waals surface area contributed by atoms with Crippen LogP contribution in [-0.2, 0) is 23.1 Å². The fraction of sp³-hybridized carbons (Fsp3) is 0.429. The second-order valence-corrected chi connectivity index (χ2v) is 7.65. The van der Waals surface area contributed by atoms with Crippen LogP contribution in [0.5, 0.6) is 0 Å². The van der Waals surface area contributed by atoms with E-state index < -0.39 is 0 Å². The Balaban J connectivity index is 1.67. The lowest BCUT2D eigenvalue weighted by molar-refractivity contribution is -0.133. The average molecular weight is 419 g/mol. The molecule has 0 atom stereocenters. The number of methoxy groups -OCH3 is 1. The van der Waals surface area contributed by atoms with Crippen LogP contribution < -0.4 is 5.32 Å². The molecule has 0 radical (unpaired) electrons. The molecule has 0 bridgehead atoms. The number of hydrogen-bond donors (Lipinski definition) is 1. The minimum Gasteiger partial charge on any atom is -0.383 e. The SMILES string of the molecule is COCCN(CC(=O)N(Cc1cccn1C)C1CC1)C(=O)Nc1ccc(Cl)cc1. The van der Waals surface area contributed by atoms with Gasteiger partial charge in [-0.3, -0.25) is 4.79 Å². The maximum absolute atomic E-state index is 13.1. The number of anilines is 1. The van der Waals surface area contributed by atoms with Crippen molar-refractivity contribution in [3.63, 3.8) is 0 Å². The van der Waals surface area contributed by atoms with E-state index in [9.17, 15) is 9.59 Å². The first-order chi connectivity index (χ1) is 14.0. The van der Waals surface area contributed by atoms with Crippen molar-refractivity contribution in [2.45, 2.75) is 25.4 Å². The van der Waals surface area contributed by atoms with Gasteiger partial charge in [-0.1, -0.05) is 11.6 Å². The molecule has 7 nitrogen and oxygen atoms in total. The molecule has 1 aliphatic rings. The minimum absolute atomic E-state index is 0.00368. The molecular weight excluding hydrogens is 392 g/mol. The van der Waals surface area contributed by atoms with Gasteiger partial charge in [0.1, 0.15) is 6.54 Å². The molecule has 3 rings (SSSR count). The zero-order chi connectivity index (χ0) is 20.8. The van der Waals surface area contributed by atoms with E-state index in [-0.39, 0.29) is 24.5 Å². The molecule has 0 unspecified atom stereocenters. The van der Waals surface area contributed by atoms with Crippen LogP contribution >= 0.6 is 11.6 Å². The van der Waals surface area contributed by atoms with Gasteiger partial charge >= 0.3 is 6.03 Å². The van der Waals surface area contributed by atoms with Crippen LogP contribution in [0.2, 0.25) is 5.02 Å². The van der Waals surface area contributed by atoms with E-state index in [4.69, 9.17) is 16.3 Å². The highest BCUT2D eigenvalue weighted by Gasteiger charge is 2.34. The molecule has 1 aromatic heterocycles. The zero-order valence-electron chi connectivity index (χ0n) is 16.8. The second-order valence-electron chi connectivity index (χ2n) is 7.21. The van der Waals surface area contributed by atoms with Gasteiger partial charge in [0.25, 0.3) is 0 Å². The number of hydrogen-bond acceptors (Lipinski definition) is 3. The molecule has 1 aliphatic carbocycles. The first kappa shape index (κ1) is 21.2. The van der Waals surface area contributed by atoms with Crippen LogP contribution in [0.3, 0.4) is 0 Å². The van der Waals surface area contributed by atoms with E-state index in [0.29, 0.717) is 30.4 Å². The molecule has 1 N–H and O–H groups in total. The van der Waals surface area contributed by atoms with E-state index in [1.807, 2.05) is 34.8 Å². The molecule has 3 amide bonds. The first-order valence-corrected chi connectivity index (χ1v) is 10.1. The van der Waals surface area contributed by atoms with Gasteiger partial charge in [-0.15, -0.1) is 0 Å². The average Bonchev–Trinajstić information content (AvgIpc) is 3.46. The largest absolute Gasteiger partial charge is 0.383 e. The maximum atomic E-state index is 13.1. The number of amides is 3. The fourth-order valence-corrected chi connectivity index (χ4v) is 3.21. The van der Waals surface area contributed by atoms with Crippen molar-refractivity contribution in [2.24, 2.45) is 7.05 Å². The Morgan fingerprint density at radius 2 is 1.97 bits per heavy atom. The van der Waals surface area contributed by atoms with Crippen molar-refractivity contribution in [1.82, 2.24) is 14.4 Å². The number of ether oxygens (including phenoxy) is 1. The van der Waals surface area contributed by atoms with Crippen LogP contribution in [0.15, 0.2) is 42.6 Å². The van der Waals surface area contributed by atoms with Gasteiger partial charge in [0.2, 0.25) is 5.91 Å². The van der Waals surface area contributed by atoms with Crippen molar-refractivity contribution in [1.29, 1.82) is 0 Å². The van der Waals surface area contributed by atoms with E-state index >= 15 is 0 Å². The summed E-state index contributed by atoms with van der Waals surface area (Å²) in [5, 5.41) is 3.41. The normalized spacial score (nSPS) is 13.2. The number of aryl methyl sites for hydroxylation is 1. The summed E-state index contributed by atoms with van der Waals surface area (Å²) in [6.45, 7) is 1.22. The highest BCUT2D eigenvalue weighted by molar-refractivity contribution is 6.30. The van der Waals surface area contributed by atoms with Crippen LogP contribution in [0.1, 0.15) is 18.5 Å². The Morgan fingerprint density at radius 3 is 2.55 bits per heavy atom. The lowest BCUT2D eigenvalue weighted by atomic mass is 10.3. The minimum atomic E-state index is -0.340. The van der Waals surface area contributed by atoms with Gasteiger partial charge in [-0.25, -0.2) is 4.79 Å². The first-order valence-electron chi connectivity index (χ1n) is 9.68. The van der Waals surface area contributed by atoms with Gasteiger partial charge in [0, 0.05) is 49.3 Å². The van der Waals surface area contributed by atoms with Gasteiger partial charge in [0.15, 0.2) is 0 Å². The summed E-state index contributed by atoms with van der Waals surface area (Å²) in [4.78, 5) is 29.2. The Labute approximate surface area is 176 Å². The highest BCUT2D eigenvalue weighted by atomic mass is 35.5. The van der Waals surface area contributed by atoms with Gasteiger partial charge in [-0.2, -0.15) is 0 Å². The number of rotatable bonds is 9. The summed E-state index contributed by atoms with van der Waals surface area (Å²) in [7, 11) is 3.54. The number of nitrogens with one attached hydrogen (secondary N) is 1. The smallest absolute Gasteiger partial charge is 0.322 e. The summed E-state index contributed by atoms with van der Waals surface area (Å²) in [5.41, 5.74) is 1.69. The molecule has 1 saturated carbocycles. The Morgan fingerprint density at radius 1 is 1.24 bits per heavy atom. The molecule has 29 heavy (non-hydrogen) atoms. The Kier molecular flexibility index (Phi) is 7.17. The third-order valence-electron chi connectivity index (χ3n) is 4.97. The highest BCUT2D eigenvalue weighted by Crippen LogP contribution is 2.28. The standard InChI is InChI=1S/C21H27ClN4O3/c1-24-11-3-4-19(24)14-26(18-9-10-18)20(27)15-25(12-13-29-2)21(28)23-17-7-5-16(22)6-8-17/h3-8,11,18H,9-10,12-15H2,1-2H3,(H,23,28). The van der Waals surface area contributed by atoms with Gasteiger partial charge < -0.3 is 24.4 Å². The van der Waals surface area contributed by atoms with Crippen molar-refractivity contribution in [2.75, 3.05) is 32.1 Å². The number of carbonyl (C=O) groups is 2. The Hall–Kier alpha value is -2.51. The van der Waals surface area contributed by atoms with E-state index in [0.717, 1.165) is 18.5 Å². The summed E-state index contributed by atoms with van der Waals surface area (Å²) in [5.74, 6) is -0.0592. The van der Waals surface area contributed by atoms with Crippen LogP contribution in [-0.4, -0.2) is 59.2 Å².